The van der Waals surface area contributed by atoms with Crippen LogP contribution in [0.2, 0.25) is 0 Å². The van der Waals surface area contributed by atoms with E-state index in [1.54, 1.807) is 0 Å². The lowest BCUT2D eigenvalue weighted by molar-refractivity contribution is -0.116. The molecule has 0 aliphatic rings. The Labute approximate surface area is 149 Å². The minimum atomic E-state index is -0.666. The normalized spacial score (nSPS) is 11.2. The van der Waals surface area contributed by atoms with Gasteiger partial charge < -0.3 is 9.88 Å². The molecule has 0 bridgehead atoms. The van der Waals surface area contributed by atoms with E-state index in [2.05, 4.69) is 38.9 Å². The van der Waals surface area contributed by atoms with Gasteiger partial charge in [0.1, 0.15) is 5.69 Å². The van der Waals surface area contributed by atoms with E-state index in [0.717, 1.165) is 17.4 Å². The van der Waals surface area contributed by atoms with Crippen LogP contribution in [0.5, 0.6) is 0 Å². The number of aromatic nitrogens is 4. The Morgan fingerprint density at radius 1 is 1.27 bits per heavy atom. The van der Waals surface area contributed by atoms with E-state index in [1.165, 1.54) is 0 Å². The van der Waals surface area contributed by atoms with Gasteiger partial charge in [0.15, 0.2) is 0 Å². The Morgan fingerprint density at radius 3 is 2.81 bits per heavy atom. The van der Waals surface area contributed by atoms with E-state index in [0.29, 0.717) is 11.6 Å². The van der Waals surface area contributed by atoms with Crippen molar-refractivity contribution in [3.63, 3.8) is 0 Å². The standard InChI is InChI=1S/C18H21N5O3/c1-11(2)10-23-8-7-12-9-13(3-5-15(12)23)19-16(24)6-4-14-17(25)20-18(26)22-21-14/h3,5,7-9,11H,4,6,10H2,1-2H3,(H,19,24)(H2,20,22,25,26). The average Bonchev–Trinajstić information content (AvgIpc) is 2.95. The molecule has 0 saturated heterocycles. The van der Waals surface area contributed by atoms with Gasteiger partial charge in [0.05, 0.1) is 0 Å². The van der Waals surface area contributed by atoms with Gasteiger partial charge in [0.25, 0.3) is 5.56 Å². The second kappa shape index (κ2) is 7.38. The van der Waals surface area contributed by atoms with Crippen LogP contribution in [0.1, 0.15) is 26.0 Å². The largest absolute Gasteiger partial charge is 0.347 e. The molecule has 0 unspecified atom stereocenters. The quantitative estimate of drug-likeness (QED) is 0.624. The summed E-state index contributed by atoms with van der Waals surface area (Å²) in [7, 11) is 0. The summed E-state index contributed by atoms with van der Waals surface area (Å²) in [5.74, 6) is 0.327. The fraction of sp³-hybridized carbons (Fsp3) is 0.333. The highest BCUT2D eigenvalue weighted by Crippen LogP contribution is 2.21. The maximum Gasteiger partial charge on any atom is 0.342 e. The summed E-state index contributed by atoms with van der Waals surface area (Å²) in [5, 5.41) is 9.70. The maximum atomic E-state index is 12.1. The number of fused-ring (bicyclic) bond motifs is 1. The van der Waals surface area contributed by atoms with E-state index in [9.17, 15) is 14.4 Å². The molecular formula is C18H21N5O3. The van der Waals surface area contributed by atoms with E-state index in [4.69, 9.17) is 0 Å². The van der Waals surface area contributed by atoms with Gasteiger partial charge in [-0.3, -0.25) is 14.6 Å². The van der Waals surface area contributed by atoms with Crippen LogP contribution in [0.15, 0.2) is 40.1 Å². The molecule has 0 radical (unpaired) electrons. The first-order valence-electron chi connectivity index (χ1n) is 8.49. The molecule has 0 saturated carbocycles. The monoisotopic (exact) mass is 355 g/mol. The number of rotatable bonds is 6. The van der Waals surface area contributed by atoms with E-state index in [1.807, 2.05) is 30.5 Å². The molecule has 8 heteroatoms. The lowest BCUT2D eigenvalue weighted by atomic mass is 10.2. The number of hydrogen-bond donors (Lipinski definition) is 3. The fourth-order valence-corrected chi connectivity index (χ4v) is 2.83. The molecule has 0 fully saturated rings. The number of H-pyrrole nitrogens is 2. The van der Waals surface area contributed by atoms with Crippen LogP contribution in [-0.4, -0.2) is 25.7 Å². The first kappa shape index (κ1) is 17.7. The first-order valence-corrected chi connectivity index (χ1v) is 8.49. The minimum absolute atomic E-state index is 0.0918. The van der Waals surface area contributed by atoms with Crippen LogP contribution in [0.3, 0.4) is 0 Å². The average molecular weight is 355 g/mol. The van der Waals surface area contributed by atoms with Gasteiger partial charge in [-0.1, -0.05) is 13.8 Å². The van der Waals surface area contributed by atoms with Gasteiger partial charge in [-0.25, -0.2) is 9.89 Å². The van der Waals surface area contributed by atoms with Gasteiger partial charge >= 0.3 is 5.69 Å². The number of aromatic amines is 2. The van der Waals surface area contributed by atoms with Crippen molar-refractivity contribution in [2.45, 2.75) is 33.2 Å². The molecule has 2 heterocycles. The molecule has 2 aromatic heterocycles. The minimum Gasteiger partial charge on any atom is -0.347 e. The number of hydrogen-bond acceptors (Lipinski definition) is 4. The number of nitrogens with one attached hydrogen (secondary N) is 3. The molecule has 0 aliphatic heterocycles. The van der Waals surface area contributed by atoms with Crippen molar-refractivity contribution in [2.24, 2.45) is 5.92 Å². The maximum absolute atomic E-state index is 12.1. The van der Waals surface area contributed by atoms with Crippen molar-refractivity contribution in [3.05, 3.63) is 57.0 Å². The Bertz CT molecular complexity index is 1040. The van der Waals surface area contributed by atoms with Gasteiger partial charge in [-0.05, 0) is 30.2 Å². The number of anilines is 1. The van der Waals surface area contributed by atoms with Gasteiger partial charge in [0.2, 0.25) is 5.91 Å². The molecule has 3 N–H and O–H groups in total. The Kier molecular flexibility index (Phi) is 5.01. The number of amides is 1. The third kappa shape index (κ3) is 4.08. The van der Waals surface area contributed by atoms with Crippen molar-refractivity contribution < 1.29 is 4.79 Å². The summed E-state index contributed by atoms with van der Waals surface area (Å²) in [6, 6.07) is 7.80. The topological polar surface area (TPSA) is 113 Å². The second-order valence-corrected chi connectivity index (χ2v) is 6.64. The summed E-state index contributed by atoms with van der Waals surface area (Å²) in [5.41, 5.74) is 0.713. The van der Waals surface area contributed by atoms with Crippen molar-refractivity contribution in [2.75, 3.05) is 5.32 Å². The number of benzene rings is 1. The number of carbonyl (C=O) groups excluding carboxylic acids is 1. The molecule has 0 aliphatic carbocycles. The molecule has 0 spiro atoms. The lowest BCUT2D eigenvalue weighted by Gasteiger charge is -2.09. The summed E-state index contributed by atoms with van der Waals surface area (Å²) in [4.78, 5) is 36.7. The van der Waals surface area contributed by atoms with Crippen LogP contribution in [0, 0.1) is 5.92 Å². The Morgan fingerprint density at radius 2 is 2.08 bits per heavy atom. The number of aryl methyl sites for hydroxylation is 1. The van der Waals surface area contributed by atoms with Crippen molar-refractivity contribution >= 4 is 22.5 Å². The molecule has 8 nitrogen and oxygen atoms in total. The molecule has 26 heavy (non-hydrogen) atoms. The number of carbonyl (C=O) groups is 1. The van der Waals surface area contributed by atoms with Gasteiger partial charge in [-0.2, -0.15) is 5.10 Å². The Hall–Kier alpha value is -3.16. The van der Waals surface area contributed by atoms with Crippen LogP contribution in [0.4, 0.5) is 5.69 Å². The predicted molar refractivity (Wildman–Crippen MR) is 99.2 cm³/mol. The summed E-state index contributed by atoms with van der Waals surface area (Å²) in [6.45, 7) is 5.28. The zero-order valence-electron chi connectivity index (χ0n) is 14.7. The highest BCUT2D eigenvalue weighted by atomic mass is 16.2. The number of nitrogens with zero attached hydrogens (tertiary/aromatic N) is 2. The highest BCUT2D eigenvalue weighted by Gasteiger charge is 2.09. The summed E-state index contributed by atoms with van der Waals surface area (Å²) >= 11 is 0. The molecule has 3 aromatic rings. The highest BCUT2D eigenvalue weighted by molar-refractivity contribution is 5.94. The molecule has 1 aromatic carbocycles. The predicted octanol–water partition coefficient (Wildman–Crippen LogP) is 1.64. The third-order valence-electron chi connectivity index (χ3n) is 3.99. The van der Waals surface area contributed by atoms with Crippen molar-refractivity contribution in [1.29, 1.82) is 0 Å². The van der Waals surface area contributed by atoms with Gasteiger partial charge in [-0.15, -0.1) is 0 Å². The van der Waals surface area contributed by atoms with Crippen LogP contribution in [-0.2, 0) is 17.8 Å². The third-order valence-corrected chi connectivity index (χ3v) is 3.99. The van der Waals surface area contributed by atoms with E-state index in [-0.39, 0.29) is 24.4 Å². The van der Waals surface area contributed by atoms with Crippen LogP contribution < -0.4 is 16.6 Å². The van der Waals surface area contributed by atoms with Crippen LogP contribution >= 0.6 is 0 Å². The second-order valence-electron chi connectivity index (χ2n) is 6.64. The van der Waals surface area contributed by atoms with E-state index < -0.39 is 11.2 Å². The zero-order chi connectivity index (χ0) is 18.7. The van der Waals surface area contributed by atoms with Crippen molar-refractivity contribution in [1.82, 2.24) is 19.7 Å². The molecule has 3 rings (SSSR count). The summed E-state index contributed by atoms with van der Waals surface area (Å²) in [6.07, 6.45) is 2.28. The van der Waals surface area contributed by atoms with Crippen molar-refractivity contribution in [3.8, 4) is 0 Å². The molecule has 0 atom stereocenters. The van der Waals surface area contributed by atoms with Crippen LogP contribution in [0.25, 0.3) is 10.9 Å². The fourth-order valence-electron chi connectivity index (χ4n) is 2.83. The molecule has 136 valence electrons. The molecular weight excluding hydrogens is 334 g/mol. The van der Waals surface area contributed by atoms with Gasteiger partial charge in [0, 0.05) is 42.2 Å². The SMILES string of the molecule is CC(C)Cn1ccc2cc(NC(=O)CCc3n[nH]c(=O)[nH]c3=O)ccc21. The molecule has 1 amide bonds. The lowest BCUT2D eigenvalue weighted by Crippen LogP contribution is -2.28. The smallest absolute Gasteiger partial charge is 0.342 e. The zero-order valence-corrected chi connectivity index (χ0v) is 14.7. The summed E-state index contributed by atoms with van der Waals surface area (Å²) < 4.78 is 2.19. The van der Waals surface area contributed by atoms with E-state index >= 15 is 0 Å². The Balaban J connectivity index is 1.65. The first-order chi connectivity index (χ1) is 12.4.